The van der Waals surface area contributed by atoms with E-state index in [-0.39, 0.29) is 11.7 Å². The third-order valence-corrected chi connectivity index (χ3v) is 6.78. The van der Waals surface area contributed by atoms with Crippen molar-refractivity contribution in [2.24, 2.45) is 11.8 Å². The maximum Gasteiger partial charge on any atom is 0.226 e. The highest BCUT2D eigenvalue weighted by Crippen LogP contribution is 2.32. The lowest BCUT2D eigenvalue weighted by molar-refractivity contribution is -0.129. The molecule has 0 aromatic heterocycles. The molecule has 2 saturated heterocycles. The van der Waals surface area contributed by atoms with Crippen LogP contribution in [0.5, 0.6) is 0 Å². The molecule has 138 valence electrons. The lowest BCUT2D eigenvalue weighted by Crippen LogP contribution is -2.40. The zero-order valence-corrected chi connectivity index (χ0v) is 15.3. The van der Waals surface area contributed by atoms with Crippen LogP contribution in [0.4, 0.5) is 4.39 Å². The van der Waals surface area contributed by atoms with Gasteiger partial charge in [0.1, 0.15) is 5.82 Å². The van der Waals surface area contributed by atoms with Gasteiger partial charge in [-0.15, -0.1) is 0 Å². The van der Waals surface area contributed by atoms with Gasteiger partial charge in [0.05, 0.1) is 12.7 Å². The number of piperidine rings is 1. The summed E-state index contributed by atoms with van der Waals surface area (Å²) in [6.45, 7) is 2.69. The largest absolute Gasteiger partial charge is 0.342 e. The summed E-state index contributed by atoms with van der Waals surface area (Å²) in [6, 6.07) is 6.07. The van der Waals surface area contributed by atoms with Crippen molar-refractivity contribution in [2.45, 2.75) is 25.7 Å². The Balaban J connectivity index is 1.50. The molecule has 1 aromatic rings. The minimum absolute atomic E-state index is 0.0858. The molecule has 2 aliphatic rings. The number of hydrogen-bond donors (Lipinski definition) is 0. The van der Waals surface area contributed by atoms with Crippen LogP contribution in [0.1, 0.15) is 24.8 Å². The maximum atomic E-state index is 12.9. The molecule has 0 radical (unpaired) electrons. The fraction of sp³-hybridized carbons (Fsp3) is 0.611. The molecule has 2 fully saturated rings. The maximum absolute atomic E-state index is 12.9. The summed E-state index contributed by atoms with van der Waals surface area (Å²) in [5.74, 6) is 0.737. The van der Waals surface area contributed by atoms with Gasteiger partial charge >= 0.3 is 0 Å². The highest BCUT2D eigenvalue weighted by molar-refractivity contribution is 7.88. The van der Waals surface area contributed by atoms with Gasteiger partial charge in [-0.1, -0.05) is 12.1 Å². The molecule has 1 amide bonds. The van der Waals surface area contributed by atoms with Crippen molar-refractivity contribution >= 4 is 15.9 Å². The Hall–Kier alpha value is -1.47. The van der Waals surface area contributed by atoms with E-state index in [9.17, 15) is 17.6 Å². The van der Waals surface area contributed by atoms with Crippen LogP contribution < -0.4 is 0 Å². The Bertz CT molecular complexity index is 712. The van der Waals surface area contributed by atoms with Crippen molar-refractivity contribution < 1.29 is 17.6 Å². The zero-order chi connectivity index (χ0) is 18.0. The SMILES string of the molecule is CS(=O)(=O)N1CCC(C2CCN(C(=O)Cc3ccc(F)cc3)C2)CC1. The van der Waals surface area contributed by atoms with Gasteiger partial charge in [0.25, 0.3) is 0 Å². The van der Waals surface area contributed by atoms with Crippen LogP contribution in [0.2, 0.25) is 0 Å². The molecule has 0 spiro atoms. The first-order valence-electron chi connectivity index (χ1n) is 8.80. The summed E-state index contributed by atoms with van der Waals surface area (Å²) >= 11 is 0. The molecule has 7 heteroatoms. The summed E-state index contributed by atoms with van der Waals surface area (Å²) in [7, 11) is -3.09. The topological polar surface area (TPSA) is 57.7 Å². The van der Waals surface area contributed by atoms with Gasteiger partial charge in [-0.25, -0.2) is 17.1 Å². The summed E-state index contributed by atoms with van der Waals surface area (Å²) in [4.78, 5) is 14.4. The highest BCUT2D eigenvalue weighted by atomic mass is 32.2. The second-order valence-electron chi connectivity index (χ2n) is 7.19. The van der Waals surface area contributed by atoms with Gasteiger partial charge in [-0.2, -0.15) is 0 Å². The minimum atomic E-state index is -3.09. The second kappa shape index (κ2) is 7.41. The van der Waals surface area contributed by atoms with Crippen LogP contribution in [-0.4, -0.2) is 56.0 Å². The average Bonchev–Trinajstić information content (AvgIpc) is 3.06. The van der Waals surface area contributed by atoms with E-state index in [1.807, 2.05) is 4.90 Å². The Morgan fingerprint density at radius 2 is 1.68 bits per heavy atom. The number of benzene rings is 1. The van der Waals surface area contributed by atoms with Crippen LogP contribution in [0.3, 0.4) is 0 Å². The van der Waals surface area contributed by atoms with Crippen LogP contribution in [0.15, 0.2) is 24.3 Å². The molecule has 1 unspecified atom stereocenters. The number of halogens is 1. The van der Waals surface area contributed by atoms with Crippen molar-refractivity contribution in [3.63, 3.8) is 0 Å². The zero-order valence-electron chi connectivity index (χ0n) is 14.5. The molecule has 2 aliphatic heterocycles. The molecule has 2 heterocycles. The molecule has 5 nitrogen and oxygen atoms in total. The van der Waals surface area contributed by atoms with Crippen molar-refractivity contribution in [3.8, 4) is 0 Å². The van der Waals surface area contributed by atoms with E-state index in [0.29, 0.717) is 31.3 Å². The van der Waals surface area contributed by atoms with E-state index in [2.05, 4.69) is 0 Å². The van der Waals surface area contributed by atoms with Gasteiger partial charge < -0.3 is 4.90 Å². The fourth-order valence-corrected chi connectivity index (χ4v) is 4.84. The predicted octanol–water partition coefficient (Wildman–Crippen LogP) is 1.89. The number of carbonyl (C=O) groups is 1. The number of rotatable bonds is 4. The number of carbonyl (C=O) groups excluding carboxylic acids is 1. The highest BCUT2D eigenvalue weighted by Gasteiger charge is 2.35. The average molecular weight is 368 g/mol. The van der Waals surface area contributed by atoms with Crippen molar-refractivity contribution in [1.82, 2.24) is 9.21 Å². The lowest BCUT2D eigenvalue weighted by Gasteiger charge is -2.33. The molecule has 3 rings (SSSR count). The Morgan fingerprint density at radius 1 is 1.08 bits per heavy atom. The first-order valence-corrected chi connectivity index (χ1v) is 10.6. The predicted molar refractivity (Wildman–Crippen MR) is 93.9 cm³/mol. The normalized spacial score (nSPS) is 23.1. The quantitative estimate of drug-likeness (QED) is 0.815. The van der Waals surface area contributed by atoms with Gasteiger partial charge in [-0.05, 0) is 48.8 Å². The van der Waals surface area contributed by atoms with Gasteiger partial charge in [0.2, 0.25) is 15.9 Å². The third-order valence-electron chi connectivity index (χ3n) is 5.48. The molecule has 1 aromatic carbocycles. The van der Waals surface area contributed by atoms with Crippen molar-refractivity contribution in [2.75, 3.05) is 32.4 Å². The second-order valence-corrected chi connectivity index (χ2v) is 9.17. The smallest absolute Gasteiger partial charge is 0.226 e. The Morgan fingerprint density at radius 3 is 2.28 bits per heavy atom. The van der Waals surface area contributed by atoms with E-state index in [1.54, 1.807) is 16.4 Å². The van der Waals surface area contributed by atoms with E-state index < -0.39 is 10.0 Å². The molecule has 25 heavy (non-hydrogen) atoms. The van der Waals surface area contributed by atoms with Crippen LogP contribution in [0.25, 0.3) is 0 Å². The van der Waals surface area contributed by atoms with Crippen LogP contribution in [-0.2, 0) is 21.2 Å². The first kappa shape index (κ1) is 18.3. The lowest BCUT2D eigenvalue weighted by atomic mass is 9.84. The summed E-state index contributed by atoms with van der Waals surface area (Å²) in [6.07, 6.45) is 4.30. The van der Waals surface area contributed by atoms with Crippen LogP contribution >= 0.6 is 0 Å². The van der Waals surface area contributed by atoms with Crippen LogP contribution in [0, 0.1) is 17.7 Å². The molecule has 1 atom stereocenters. The molecule has 0 bridgehead atoms. The van der Waals surface area contributed by atoms with Gasteiger partial charge in [0.15, 0.2) is 0 Å². The standard InChI is InChI=1S/C18H25FN2O3S/c1-25(23,24)21-10-7-15(8-11-21)16-6-9-20(13-16)18(22)12-14-2-4-17(19)5-3-14/h2-5,15-16H,6-13H2,1H3. The molecule has 0 N–H and O–H groups in total. The Kier molecular flexibility index (Phi) is 5.43. The number of likely N-dealkylation sites (tertiary alicyclic amines) is 1. The summed E-state index contributed by atoms with van der Waals surface area (Å²) < 4.78 is 37.7. The Labute approximate surface area is 148 Å². The third kappa shape index (κ3) is 4.58. The molecule has 0 aliphatic carbocycles. The molecule has 0 saturated carbocycles. The monoisotopic (exact) mass is 368 g/mol. The van der Waals surface area contributed by atoms with Crippen molar-refractivity contribution in [1.29, 1.82) is 0 Å². The number of hydrogen-bond acceptors (Lipinski definition) is 3. The van der Waals surface area contributed by atoms with E-state index >= 15 is 0 Å². The number of sulfonamides is 1. The van der Waals surface area contributed by atoms with Crippen molar-refractivity contribution in [3.05, 3.63) is 35.6 Å². The molecular weight excluding hydrogens is 343 g/mol. The summed E-state index contributed by atoms with van der Waals surface area (Å²) in [5, 5.41) is 0. The van der Waals surface area contributed by atoms with E-state index in [1.165, 1.54) is 18.4 Å². The van der Waals surface area contributed by atoms with Gasteiger partial charge in [-0.3, -0.25) is 4.79 Å². The molecular formula is C18H25FN2O3S. The first-order chi connectivity index (χ1) is 11.8. The minimum Gasteiger partial charge on any atom is -0.342 e. The van der Waals surface area contributed by atoms with E-state index in [0.717, 1.165) is 37.9 Å². The number of amides is 1. The summed E-state index contributed by atoms with van der Waals surface area (Å²) in [5.41, 5.74) is 0.830. The van der Waals surface area contributed by atoms with E-state index in [4.69, 9.17) is 0 Å². The number of nitrogens with zero attached hydrogens (tertiary/aromatic N) is 2. The fourth-order valence-electron chi connectivity index (χ4n) is 3.97. The van der Waals surface area contributed by atoms with Gasteiger partial charge in [0, 0.05) is 26.2 Å².